The lowest BCUT2D eigenvalue weighted by Gasteiger charge is -2.26. The minimum absolute atomic E-state index is 0.0998. The second-order valence-corrected chi connectivity index (χ2v) is 4.93. The third-order valence-electron chi connectivity index (χ3n) is 2.86. The molecule has 106 valence electrons. The van der Waals surface area contributed by atoms with E-state index < -0.39 is 23.9 Å². The van der Waals surface area contributed by atoms with Crippen molar-refractivity contribution in [1.29, 1.82) is 0 Å². The van der Waals surface area contributed by atoms with Crippen molar-refractivity contribution in [1.82, 2.24) is 16.0 Å². The molecule has 0 aromatic heterocycles. The molecule has 1 aliphatic rings. The Morgan fingerprint density at radius 1 is 1.32 bits per heavy atom. The molecule has 19 heavy (non-hydrogen) atoms. The molecule has 1 rings (SSSR count). The van der Waals surface area contributed by atoms with E-state index in [0.29, 0.717) is 0 Å². The summed E-state index contributed by atoms with van der Waals surface area (Å²) in [5, 5.41) is 7.26. The summed E-state index contributed by atoms with van der Waals surface area (Å²) in [7, 11) is 0. The Balaban J connectivity index is 2.63. The highest BCUT2D eigenvalue weighted by Crippen LogP contribution is 2.07. The number of imide groups is 1. The van der Waals surface area contributed by atoms with Crippen LogP contribution in [0.2, 0.25) is 0 Å². The fourth-order valence-corrected chi connectivity index (χ4v) is 1.85. The molecule has 7 nitrogen and oxygen atoms in total. The van der Waals surface area contributed by atoms with Crippen molar-refractivity contribution >= 4 is 23.6 Å². The Labute approximate surface area is 111 Å². The summed E-state index contributed by atoms with van der Waals surface area (Å²) in [5.41, 5.74) is 0. The Morgan fingerprint density at radius 3 is 2.42 bits per heavy atom. The monoisotopic (exact) mass is 269 g/mol. The summed E-state index contributed by atoms with van der Waals surface area (Å²) >= 11 is 0. The van der Waals surface area contributed by atoms with Crippen LogP contribution in [0.4, 0.5) is 0 Å². The van der Waals surface area contributed by atoms with Gasteiger partial charge >= 0.3 is 0 Å². The zero-order valence-corrected chi connectivity index (χ0v) is 11.3. The molecule has 4 amide bonds. The lowest BCUT2D eigenvalue weighted by atomic mass is 10.0. The van der Waals surface area contributed by atoms with Gasteiger partial charge in [-0.05, 0) is 12.3 Å². The van der Waals surface area contributed by atoms with Gasteiger partial charge in [-0.1, -0.05) is 13.8 Å². The molecular formula is C12H19N3O4. The predicted molar refractivity (Wildman–Crippen MR) is 66.8 cm³/mol. The molecule has 1 saturated heterocycles. The highest BCUT2D eigenvalue weighted by molar-refractivity contribution is 6.02. The zero-order valence-electron chi connectivity index (χ0n) is 11.3. The summed E-state index contributed by atoms with van der Waals surface area (Å²) in [5.74, 6) is -1.67. The lowest BCUT2D eigenvalue weighted by Crippen LogP contribution is -2.57. The predicted octanol–water partition coefficient (Wildman–Crippen LogP) is -0.931. The van der Waals surface area contributed by atoms with Crippen LogP contribution in [0.1, 0.15) is 33.6 Å². The Kier molecular flexibility index (Phi) is 5.02. The molecular weight excluding hydrogens is 250 g/mol. The first-order valence-corrected chi connectivity index (χ1v) is 6.22. The maximum absolute atomic E-state index is 12.0. The average Bonchev–Trinajstić information content (AvgIpc) is 2.29. The van der Waals surface area contributed by atoms with Crippen molar-refractivity contribution in [3.63, 3.8) is 0 Å². The Morgan fingerprint density at radius 2 is 1.95 bits per heavy atom. The Hall–Kier alpha value is -1.92. The van der Waals surface area contributed by atoms with E-state index >= 15 is 0 Å². The van der Waals surface area contributed by atoms with Gasteiger partial charge in [0.25, 0.3) is 0 Å². The number of hydrogen-bond acceptors (Lipinski definition) is 4. The number of carbonyl (C=O) groups is 4. The molecule has 0 radical (unpaired) electrons. The highest BCUT2D eigenvalue weighted by atomic mass is 16.2. The SMILES string of the molecule is CC(=O)N[C@H](C(=O)NC1CCC(=O)NC1=O)C(C)C. The molecule has 0 aliphatic carbocycles. The lowest BCUT2D eigenvalue weighted by molar-refractivity contribution is -0.138. The van der Waals surface area contributed by atoms with Crippen LogP contribution in [0.15, 0.2) is 0 Å². The van der Waals surface area contributed by atoms with E-state index in [4.69, 9.17) is 0 Å². The van der Waals surface area contributed by atoms with Crippen molar-refractivity contribution < 1.29 is 19.2 Å². The van der Waals surface area contributed by atoms with E-state index in [0.717, 1.165) is 0 Å². The number of rotatable bonds is 4. The van der Waals surface area contributed by atoms with E-state index in [1.165, 1.54) is 6.92 Å². The van der Waals surface area contributed by atoms with Gasteiger partial charge in [-0.3, -0.25) is 24.5 Å². The molecule has 0 saturated carbocycles. The van der Waals surface area contributed by atoms with Crippen LogP contribution in [0, 0.1) is 5.92 Å². The third kappa shape index (κ3) is 4.35. The summed E-state index contributed by atoms with van der Waals surface area (Å²) in [6, 6.07) is -1.41. The fraction of sp³-hybridized carbons (Fsp3) is 0.667. The van der Waals surface area contributed by atoms with Crippen LogP contribution in [0.25, 0.3) is 0 Å². The number of hydrogen-bond donors (Lipinski definition) is 3. The van der Waals surface area contributed by atoms with E-state index in [1.54, 1.807) is 13.8 Å². The topological polar surface area (TPSA) is 104 Å². The third-order valence-corrected chi connectivity index (χ3v) is 2.86. The zero-order chi connectivity index (χ0) is 14.6. The second kappa shape index (κ2) is 6.31. The van der Waals surface area contributed by atoms with Crippen molar-refractivity contribution in [2.45, 2.75) is 45.7 Å². The molecule has 0 aromatic rings. The van der Waals surface area contributed by atoms with Gasteiger partial charge in [0, 0.05) is 13.3 Å². The largest absolute Gasteiger partial charge is 0.344 e. The molecule has 0 spiro atoms. The van der Waals surface area contributed by atoms with Gasteiger partial charge in [0.15, 0.2) is 0 Å². The van der Waals surface area contributed by atoms with E-state index in [-0.39, 0.29) is 30.6 Å². The van der Waals surface area contributed by atoms with Crippen LogP contribution in [-0.2, 0) is 19.2 Å². The molecule has 1 heterocycles. The van der Waals surface area contributed by atoms with Crippen molar-refractivity contribution in [3.8, 4) is 0 Å². The summed E-state index contributed by atoms with van der Waals surface area (Å²) in [4.78, 5) is 45.6. The molecule has 3 N–H and O–H groups in total. The number of carbonyl (C=O) groups excluding carboxylic acids is 4. The molecule has 2 atom stereocenters. The summed E-state index contributed by atoms with van der Waals surface area (Å²) in [6.07, 6.45) is 0.477. The maximum Gasteiger partial charge on any atom is 0.249 e. The van der Waals surface area contributed by atoms with Crippen molar-refractivity contribution in [2.75, 3.05) is 0 Å². The maximum atomic E-state index is 12.0. The van der Waals surface area contributed by atoms with Crippen LogP contribution in [0.5, 0.6) is 0 Å². The van der Waals surface area contributed by atoms with E-state index in [9.17, 15) is 19.2 Å². The first-order chi connectivity index (χ1) is 8.81. The van der Waals surface area contributed by atoms with Gasteiger partial charge in [0.05, 0.1) is 0 Å². The van der Waals surface area contributed by atoms with E-state index in [2.05, 4.69) is 16.0 Å². The minimum atomic E-state index is -0.722. The highest BCUT2D eigenvalue weighted by Gasteiger charge is 2.31. The summed E-state index contributed by atoms with van der Waals surface area (Å²) < 4.78 is 0. The molecule has 1 unspecified atom stereocenters. The van der Waals surface area contributed by atoms with Gasteiger partial charge < -0.3 is 10.6 Å². The van der Waals surface area contributed by atoms with Gasteiger partial charge in [-0.25, -0.2) is 0 Å². The molecule has 1 fully saturated rings. The van der Waals surface area contributed by atoms with Gasteiger partial charge in [-0.15, -0.1) is 0 Å². The summed E-state index contributed by atoms with van der Waals surface area (Å²) in [6.45, 7) is 4.92. The van der Waals surface area contributed by atoms with Crippen molar-refractivity contribution in [3.05, 3.63) is 0 Å². The van der Waals surface area contributed by atoms with Crippen LogP contribution >= 0.6 is 0 Å². The normalized spacial score (nSPS) is 20.7. The number of amides is 4. The minimum Gasteiger partial charge on any atom is -0.344 e. The van der Waals surface area contributed by atoms with Crippen LogP contribution in [-0.4, -0.2) is 35.7 Å². The van der Waals surface area contributed by atoms with Crippen molar-refractivity contribution in [2.24, 2.45) is 5.92 Å². The average molecular weight is 269 g/mol. The molecule has 0 bridgehead atoms. The quantitative estimate of drug-likeness (QED) is 0.573. The van der Waals surface area contributed by atoms with Gasteiger partial charge in [0.1, 0.15) is 12.1 Å². The fourth-order valence-electron chi connectivity index (χ4n) is 1.85. The van der Waals surface area contributed by atoms with Crippen LogP contribution < -0.4 is 16.0 Å². The second-order valence-electron chi connectivity index (χ2n) is 4.93. The van der Waals surface area contributed by atoms with Gasteiger partial charge in [0.2, 0.25) is 23.6 Å². The number of piperidine rings is 1. The molecule has 0 aromatic carbocycles. The van der Waals surface area contributed by atoms with Crippen LogP contribution in [0.3, 0.4) is 0 Å². The Bertz CT molecular complexity index is 406. The molecule has 7 heteroatoms. The number of nitrogens with one attached hydrogen (secondary N) is 3. The standard InChI is InChI=1S/C12H19N3O4/c1-6(2)10(13-7(3)16)12(19)14-8-4-5-9(17)15-11(8)18/h6,8,10H,4-5H2,1-3H3,(H,13,16)(H,14,19)(H,15,17,18)/t8?,10-/m0/s1. The van der Waals surface area contributed by atoms with Gasteiger partial charge in [-0.2, -0.15) is 0 Å². The first-order valence-electron chi connectivity index (χ1n) is 6.22. The molecule has 1 aliphatic heterocycles. The van der Waals surface area contributed by atoms with E-state index in [1.807, 2.05) is 0 Å². The first kappa shape index (κ1) is 15.1. The smallest absolute Gasteiger partial charge is 0.249 e.